The Hall–Kier alpha value is -2.84. The molecule has 0 radical (unpaired) electrons. The first kappa shape index (κ1) is 18.9. The average molecular weight is 363 g/mol. The molecule has 0 bridgehead atoms. The predicted molar refractivity (Wildman–Crippen MR) is 106 cm³/mol. The molecule has 0 N–H and O–H groups in total. The maximum atomic E-state index is 12.7. The van der Waals surface area contributed by atoms with Crippen LogP contribution in [0.5, 0.6) is 0 Å². The summed E-state index contributed by atoms with van der Waals surface area (Å²) in [5.74, 6) is -0.224. The number of hydrogen-bond donors (Lipinski definition) is 0. The normalized spacial score (nSPS) is 14.9. The minimum absolute atomic E-state index is 0.165. The maximum absolute atomic E-state index is 12.7. The molecule has 1 aromatic carbocycles. The van der Waals surface area contributed by atoms with Crippen molar-refractivity contribution in [3.8, 4) is 11.8 Å². The van der Waals surface area contributed by atoms with Crippen LogP contribution in [0.15, 0.2) is 29.8 Å². The third kappa shape index (κ3) is 3.67. The highest BCUT2D eigenvalue weighted by molar-refractivity contribution is 6.01. The van der Waals surface area contributed by atoms with Crippen LogP contribution in [-0.4, -0.2) is 41.7 Å². The molecular formula is C22H25N3O2. The van der Waals surface area contributed by atoms with E-state index < -0.39 is 0 Å². The van der Waals surface area contributed by atoms with Gasteiger partial charge in [0, 0.05) is 24.5 Å². The number of ether oxygens (including phenoxy) is 1. The molecular weight excluding hydrogens is 338 g/mol. The Morgan fingerprint density at radius 2 is 1.78 bits per heavy atom. The highest BCUT2D eigenvalue weighted by Crippen LogP contribution is 2.27. The number of carbonyl (C=O) groups excluding carboxylic acids is 1. The maximum Gasteiger partial charge on any atom is 0.264 e. The van der Waals surface area contributed by atoms with E-state index in [-0.39, 0.29) is 11.5 Å². The molecule has 0 atom stereocenters. The summed E-state index contributed by atoms with van der Waals surface area (Å²) >= 11 is 0. The van der Waals surface area contributed by atoms with E-state index in [4.69, 9.17) is 4.74 Å². The van der Waals surface area contributed by atoms with Crippen molar-refractivity contribution in [2.45, 2.75) is 27.7 Å². The second-order valence-corrected chi connectivity index (χ2v) is 6.98. The molecule has 1 aliphatic rings. The highest BCUT2D eigenvalue weighted by atomic mass is 16.5. The number of morpholine rings is 1. The first-order chi connectivity index (χ1) is 12.9. The smallest absolute Gasteiger partial charge is 0.264 e. The van der Waals surface area contributed by atoms with Crippen LogP contribution in [-0.2, 0) is 9.53 Å². The molecule has 140 valence electrons. The van der Waals surface area contributed by atoms with Gasteiger partial charge in [-0.1, -0.05) is 18.2 Å². The van der Waals surface area contributed by atoms with Gasteiger partial charge in [-0.15, -0.1) is 0 Å². The molecule has 1 aliphatic heterocycles. The predicted octanol–water partition coefficient (Wildman–Crippen LogP) is 3.48. The van der Waals surface area contributed by atoms with Crippen LogP contribution in [0.1, 0.15) is 28.1 Å². The largest absolute Gasteiger partial charge is 0.378 e. The summed E-state index contributed by atoms with van der Waals surface area (Å²) in [6, 6.07) is 10.4. The van der Waals surface area contributed by atoms with E-state index in [0.29, 0.717) is 26.3 Å². The number of benzene rings is 1. The molecule has 1 fully saturated rings. The number of hydrogen-bond acceptors (Lipinski definition) is 3. The number of aromatic nitrogens is 1. The van der Waals surface area contributed by atoms with Gasteiger partial charge in [0.2, 0.25) is 0 Å². The van der Waals surface area contributed by atoms with Crippen molar-refractivity contribution in [2.75, 3.05) is 26.3 Å². The van der Waals surface area contributed by atoms with E-state index in [1.165, 1.54) is 11.1 Å². The number of aryl methyl sites for hydroxylation is 3. The first-order valence-corrected chi connectivity index (χ1v) is 9.18. The van der Waals surface area contributed by atoms with Gasteiger partial charge in [0.05, 0.1) is 18.9 Å². The van der Waals surface area contributed by atoms with Crippen LogP contribution in [0.25, 0.3) is 11.8 Å². The van der Waals surface area contributed by atoms with Crippen LogP contribution in [0, 0.1) is 39.0 Å². The van der Waals surface area contributed by atoms with E-state index >= 15 is 0 Å². The minimum Gasteiger partial charge on any atom is -0.378 e. The number of para-hydroxylation sites is 1. The topological polar surface area (TPSA) is 58.3 Å². The molecule has 5 nitrogen and oxygen atoms in total. The Morgan fingerprint density at radius 3 is 2.37 bits per heavy atom. The van der Waals surface area contributed by atoms with Crippen LogP contribution < -0.4 is 0 Å². The van der Waals surface area contributed by atoms with E-state index in [2.05, 4.69) is 42.7 Å². The van der Waals surface area contributed by atoms with Crippen LogP contribution in [0.4, 0.5) is 0 Å². The lowest BCUT2D eigenvalue weighted by Gasteiger charge is -2.26. The van der Waals surface area contributed by atoms with Gasteiger partial charge in [-0.3, -0.25) is 4.79 Å². The Labute approximate surface area is 160 Å². The fourth-order valence-corrected chi connectivity index (χ4v) is 3.67. The van der Waals surface area contributed by atoms with E-state index in [0.717, 1.165) is 22.6 Å². The van der Waals surface area contributed by atoms with E-state index in [9.17, 15) is 10.1 Å². The molecule has 2 aromatic rings. The van der Waals surface area contributed by atoms with Crippen molar-refractivity contribution in [1.82, 2.24) is 9.47 Å². The van der Waals surface area contributed by atoms with Gasteiger partial charge in [0.1, 0.15) is 11.6 Å². The number of amides is 1. The quantitative estimate of drug-likeness (QED) is 0.620. The fraction of sp³-hybridized carbons (Fsp3) is 0.364. The van der Waals surface area contributed by atoms with Gasteiger partial charge in [-0.05, 0) is 56.5 Å². The zero-order valence-corrected chi connectivity index (χ0v) is 16.4. The Bertz CT molecular complexity index is 921. The van der Waals surface area contributed by atoms with Gasteiger partial charge in [0.15, 0.2) is 0 Å². The Kier molecular flexibility index (Phi) is 5.48. The van der Waals surface area contributed by atoms with Crippen molar-refractivity contribution >= 4 is 12.0 Å². The van der Waals surface area contributed by atoms with Crippen molar-refractivity contribution in [2.24, 2.45) is 0 Å². The molecule has 1 saturated heterocycles. The Morgan fingerprint density at radius 1 is 1.15 bits per heavy atom. The van der Waals surface area contributed by atoms with Crippen LogP contribution in [0.2, 0.25) is 0 Å². The lowest BCUT2D eigenvalue weighted by Crippen LogP contribution is -2.41. The van der Waals surface area contributed by atoms with Crippen molar-refractivity contribution in [3.05, 3.63) is 57.9 Å². The Balaban J connectivity index is 2.02. The number of carbonyl (C=O) groups is 1. The van der Waals surface area contributed by atoms with Gasteiger partial charge in [-0.2, -0.15) is 5.26 Å². The molecule has 0 unspecified atom stereocenters. The fourth-order valence-electron chi connectivity index (χ4n) is 3.67. The lowest BCUT2D eigenvalue weighted by molar-refractivity contribution is -0.130. The molecule has 1 aromatic heterocycles. The number of nitriles is 1. The van der Waals surface area contributed by atoms with Gasteiger partial charge < -0.3 is 14.2 Å². The average Bonchev–Trinajstić information content (AvgIpc) is 2.94. The molecule has 5 heteroatoms. The standard InChI is InChI=1S/C22H25N3O2/c1-15-6-5-7-16(2)21(15)25-17(3)12-19(18(25)4)13-20(14-23)22(26)24-8-10-27-11-9-24/h5-7,12-13H,8-11H2,1-4H3/b20-13-. The minimum atomic E-state index is -0.224. The molecule has 0 aliphatic carbocycles. The van der Waals surface area contributed by atoms with Crippen LogP contribution in [0.3, 0.4) is 0 Å². The number of nitrogens with zero attached hydrogens (tertiary/aromatic N) is 3. The van der Waals surface area contributed by atoms with Gasteiger partial charge in [-0.25, -0.2) is 0 Å². The van der Waals surface area contributed by atoms with Gasteiger partial charge >= 0.3 is 0 Å². The number of rotatable bonds is 3. The first-order valence-electron chi connectivity index (χ1n) is 9.18. The summed E-state index contributed by atoms with van der Waals surface area (Å²) in [4.78, 5) is 14.4. The lowest BCUT2D eigenvalue weighted by atomic mass is 10.1. The molecule has 0 spiro atoms. The molecule has 1 amide bonds. The molecule has 2 heterocycles. The second-order valence-electron chi connectivity index (χ2n) is 6.98. The highest BCUT2D eigenvalue weighted by Gasteiger charge is 2.21. The van der Waals surface area contributed by atoms with Crippen molar-refractivity contribution in [3.63, 3.8) is 0 Å². The van der Waals surface area contributed by atoms with Crippen molar-refractivity contribution < 1.29 is 9.53 Å². The van der Waals surface area contributed by atoms with E-state index in [1.807, 2.05) is 19.9 Å². The SMILES string of the molecule is Cc1cccc(C)c1-n1c(C)cc(/C=C(/C#N)C(=O)N2CCOCC2)c1C. The summed E-state index contributed by atoms with van der Waals surface area (Å²) in [6.45, 7) is 10.4. The zero-order valence-electron chi connectivity index (χ0n) is 16.4. The summed E-state index contributed by atoms with van der Waals surface area (Å²) in [6.07, 6.45) is 1.71. The monoisotopic (exact) mass is 363 g/mol. The molecule has 3 rings (SSSR count). The summed E-state index contributed by atoms with van der Waals surface area (Å²) in [5, 5.41) is 9.56. The third-order valence-corrected chi connectivity index (χ3v) is 5.08. The summed E-state index contributed by atoms with van der Waals surface area (Å²) in [5.41, 5.74) is 6.70. The summed E-state index contributed by atoms with van der Waals surface area (Å²) < 4.78 is 7.49. The second kappa shape index (κ2) is 7.81. The van der Waals surface area contributed by atoms with Crippen LogP contribution >= 0.6 is 0 Å². The van der Waals surface area contributed by atoms with Gasteiger partial charge in [0.25, 0.3) is 5.91 Å². The van der Waals surface area contributed by atoms with E-state index in [1.54, 1.807) is 11.0 Å². The third-order valence-electron chi connectivity index (χ3n) is 5.08. The van der Waals surface area contributed by atoms with Crippen molar-refractivity contribution in [1.29, 1.82) is 5.26 Å². The molecule has 27 heavy (non-hydrogen) atoms. The molecule has 0 saturated carbocycles. The summed E-state index contributed by atoms with van der Waals surface area (Å²) in [7, 11) is 0. The zero-order chi connectivity index (χ0) is 19.6.